The van der Waals surface area contributed by atoms with Crippen molar-refractivity contribution in [1.29, 1.82) is 0 Å². The van der Waals surface area contributed by atoms with Crippen molar-refractivity contribution in [2.24, 2.45) is 5.92 Å². The summed E-state index contributed by atoms with van der Waals surface area (Å²) in [5.41, 5.74) is 0.820. The second-order valence-electron chi connectivity index (χ2n) is 6.28. The summed E-state index contributed by atoms with van der Waals surface area (Å²) in [6.07, 6.45) is -3.50. The van der Waals surface area contributed by atoms with E-state index in [0.29, 0.717) is 6.42 Å². The topological polar surface area (TPSA) is 61.8 Å². The Morgan fingerprint density at radius 2 is 1.88 bits per heavy atom. The average molecular weight is 370 g/mol. The lowest BCUT2D eigenvalue weighted by Gasteiger charge is -2.40. The fourth-order valence-corrected chi connectivity index (χ4v) is 3.03. The van der Waals surface area contributed by atoms with Gasteiger partial charge in [-0.1, -0.05) is 44.2 Å². The number of carbonyl (C=O) groups is 2. The molecule has 0 spiro atoms. The van der Waals surface area contributed by atoms with Crippen molar-refractivity contribution >= 4 is 11.8 Å². The molecule has 1 aromatic carbocycles. The quantitative estimate of drug-likeness (QED) is 0.690. The van der Waals surface area contributed by atoms with E-state index in [4.69, 9.17) is 9.47 Å². The molecule has 1 heterocycles. The van der Waals surface area contributed by atoms with Crippen LogP contribution in [0.5, 0.6) is 0 Å². The van der Waals surface area contributed by atoms with Gasteiger partial charge < -0.3 is 14.2 Å². The van der Waals surface area contributed by atoms with E-state index in [2.05, 4.69) is 4.74 Å². The van der Waals surface area contributed by atoms with E-state index < -0.39 is 41.9 Å². The average Bonchev–Trinajstić information content (AvgIpc) is 2.62. The normalized spacial score (nSPS) is 26.6. The maximum atomic E-state index is 14.4. The Morgan fingerprint density at radius 3 is 2.46 bits per heavy atom. The van der Waals surface area contributed by atoms with Gasteiger partial charge in [0.15, 0.2) is 11.9 Å². The van der Waals surface area contributed by atoms with E-state index in [0.717, 1.165) is 5.56 Å². The SMILES string of the molecule is CCOC(=O)C(F)(F)[C@H]1O[C@H](CC)[C@H](C)[C@H](OCc2ccccc2)C1=O. The van der Waals surface area contributed by atoms with E-state index in [1.807, 2.05) is 30.3 Å². The summed E-state index contributed by atoms with van der Waals surface area (Å²) in [7, 11) is 0. The van der Waals surface area contributed by atoms with Crippen LogP contribution >= 0.6 is 0 Å². The molecule has 1 saturated heterocycles. The number of benzene rings is 1. The highest BCUT2D eigenvalue weighted by molar-refractivity contribution is 5.95. The number of Topliss-reactive ketones (excluding diaryl/α,β-unsaturated/α-hetero) is 1. The van der Waals surface area contributed by atoms with Crippen LogP contribution in [0.2, 0.25) is 0 Å². The molecule has 0 amide bonds. The fraction of sp³-hybridized carbons (Fsp3) is 0.579. The van der Waals surface area contributed by atoms with Gasteiger partial charge in [0.05, 0.1) is 19.3 Å². The molecule has 1 aliphatic heterocycles. The largest absolute Gasteiger partial charge is 0.461 e. The second-order valence-corrected chi connectivity index (χ2v) is 6.28. The Kier molecular flexibility index (Phi) is 6.83. The number of hydrogen-bond donors (Lipinski definition) is 0. The molecular weight excluding hydrogens is 346 g/mol. The Labute approximate surface area is 151 Å². The van der Waals surface area contributed by atoms with Crippen LogP contribution in [-0.2, 0) is 30.4 Å². The highest BCUT2D eigenvalue weighted by Gasteiger charge is 2.59. The number of halogens is 2. The predicted octanol–water partition coefficient (Wildman–Crippen LogP) is 3.15. The first-order valence-electron chi connectivity index (χ1n) is 8.72. The first kappa shape index (κ1) is 20.5. The van der Waals surface area contributed by atoms with Gasteiger partial charge >= 0.3 is 11.9 Å². The molecule has 4 atom stereocenters. The number of ketones is 1. The van der Waals surface area contributed by atoms with Crippen molar-refractivity contribution in [3.8, 4) is 0 Å². The summed E-state index contributed by atoms with van der Waals surface area (Å²) < 4.78 is 44.3. The molecule has 0 unspecified atom stereocenters. The minimum Gasteiger partial charge on any atom is -0.461 e. The lowest BCUT2D eigenvalue weighted by atomic mass is 9.86. The van der Waals surface area contributed by atoms with E-state index in [-0.39, 0.29) is 13.2 Å². The molecule has 1 aliphatic rings. The fourth-order valence-electron chi connectivity index (χ4n) is 3.03. The van der Waals surface area contributed by atoms with Crippen molar-refractivity contribution in [1.82, 2.24) is 0 Å². The number of ether oxygens (including phenoxy) is 3. The van der Waals surface area contributed by atoms with E-state index in [1.54, 1.807) is 13.8 Å². The van der Waals surface area contributed by atoms with Crippen molar-refractivity contribution in [2.45, 2.75) is 58.0 Å². The number of rotatable bonds is 7. The van der Waals surface area contributed by atoms with Crippen LogP contribution in [0, 0.1) is 5.92 Å². The third-order valence-corrected chi connectivity index (χ3v) is 4.47. The second kappa shape index (κ2) is 8.68. The van der Waals surface area contributed by atoms with Crippen LogP contribution in [0.3, 0.4) is 0 Å². The van der Waals surface area contributed by atoms with Gasteiger partial charge in [-0.05, 0) is 18.9 Å². The van der Waals surface area contributed by atoms with Crippen LogP contribution < -0.4 is 0 Å². The molecule has 0 aliphatic carbocycles. The lowest BCUT2D eigenvalue weighted by molar-refractivity contribution is -0.225. The van der Waals surface area contributed by atoms with Gasteiger partial charge in [-0.2, -0.15) is 8.78 Å². The Balaban J connectivity index is 2.20. The molecule has 2 rings (SSSR count). The predicted molar refractivity (Wildman–Crippen MR) is 89.7 cm³/mol. The van der Waals surface area contributed by atoms with Gasteiger partial charge in [0.1, 0.15) is 6.10 Å². The first-order valence-corrected chi connectivity index (χ1v) is 8.72. The number of esters is 1. The molecule has 1 aromatic rings. The zero-order chi connectivity index (χ0) is 19.3. The summed E-state index contributed by atoms with van der Waals surface area (Å²) in [5, 5.41) is 0. The summed E-state index contributed by atoms with van der Waals surface area (Å²) in [6, 6.07) is 9.11. The molecule has 0 aromatic heterocycles. The molecule has 144 valence electrons. The van der Waals surface area contributed by atoms with Gasteiger partial charge in [0, 0.05) is 5.92 Å². The van der Waals surface area contributed by atoms with Crippen molar-refractivity contribution in [2.75, 3.05) is 6.61 Å². The molecule has 26 heavy (non-hydrogen) atoms. The standard InChI is InChI=1S/C19H24F2O5/c1-4-14-12(3)16(25-11-13-9-7-6-8-10-13)15(22)17(26-14)19(20,21)18(23)24-5-2/h6-10,12,14,16-17H,4-5,11H2,1-3H3/t12-,14+,16-,17-/m0/s1. The third kappa shape index (κ3) is 4.27. The highest BCUT2D eigenvalue weighted by atomic mass is 19.3. The van der Waals surface area contributed by atoms with Crippen molar-refractivity contribution in [3.05, 3.63) is 35.9 Å². The van der Waals surface area contributed by atoms with E-state index in [9.17, 15) is 18.4 Å². The molecule has 0 saturated carbocycles. The first-order chi connectivity index (χ1) is 12.3. The minimum atomic E-state index is -4.06. The lowest BCUT2D eigenvalue weighted by Crippen LogP contribution is -2.60. The number of carbonyl (C=O) groups excluding carboxylic acids is 2. The van der Waals surface area contributed by atoms with Gasteiger partial charge in [0.25, 0.3) is 0 Å². The number of hydrogen-bond acceptors (Lipinski definition) is 5. The highest BCUT2D eigenvalue weighted by Crippen LogP contribution is 2.35. The smallest absolute Gasteiger partial charge is 0.380 e. The Hall–Kier alpha value is -1.86. The Morgan fingerprint density at radius 1 is 1.23 bits per heavy atom. The van der Waals surface area contributed by atoms with Gasteiger partial charge in [-0.3, -0.25) is 4.79 Å². The van der Waals surface area contributed by atoms with Gasteiger partial charge in [-0.15, -0.1) is 0 Å². The molecule has 7 heteroatoms. The molecule has 1 fully saturated rings. The van der Waals surface area contributed by atoms with Crippen molar-refractivity contribution in [3.63, 3.8) is 0 Å². The summed E-state index contributed by atoms with van der Waals surface area (Å²) in [4.78, 5) is 24.3. The molecular formula is C19H24F2O5. The molecule has 0 N–H and O–H groups in total. The van der Waals surface area contributed by atoms with Gasteiger partial charge in [-0.25, -0.2) is 4.79 Å². The molecule has 0 bridgehead atoms. The third-order valence-electron chi connectivity index (χ3n) is 4.47. The van der Waals surface area contributed by atoms with Crippen LogP contribution in [0.25, 0.3) is 0 Å². The maximum absolute atomic E-state index is 14.4. The van der Waals surface area contributed by atoms with Crippen LogP contribution in [0.1, 0.15) is 32.8 Å². The zero-order valence-corrected chi connectivity index (χ0v) is 15.1. The molecule has 0 radical (unpaired) electrons. The number of alkyl halides is 2. The summed E-state index contributed by atoms with van der Waals surface area (Å²) in [5.74, 6) is -7.17. The Bertz CT molecular complexity index is 620. The molecule has 5 nitrogen and oxygen atoms in total. The van der Waals surface area contributed by atoms with Crippen LogP contribution in [0.4, 0.5) is 8.78 Å². The minimum absolute atomic E-state index is 0.107. The monoisotopic (exact) mass is 370 g/mol. The summed E-state index contributed by atoms with van der Waals surface area (Å²) >= 11 is 0. The van der Waals surface area contributed by atoms with Gasteiger partial charge in [0.2, 0.25) is 0 Å². The summed E-state index contributed by atoms with van der Waals surface area (Å²) in [6.45, 7) is 4.80. The van der Waals surface area contributed by atoms with Crippen LogP contribution in [0.15, 0.2) is 30.3 Å². The van der Waals surface area contributed by atoms with Crippen LogP contribution in [-0.4, -0.2) is 42.6 Å². The maximum Gasteiger partial charge on any atom is 0.380 e. The van der Waals surface area contributed by atoms with E-state index in [1.165, 1.54) is 6.92 Å². The van der Waals surface area contributed by atoms with Crippen molar-refractivity contribution < 1.29 is 32.6 Å². The van der Waals surface area contributed by atoms with E-state index >= 15 is 0 Å². The zero-order valence-electron chi connectivity index (χ0n) is 15.1.